The van der Waals surface area contributed by atoms with Crippen molar-refractivity contribution >= 4 is 15.9 Å². The molecule has 128 valence electrons. The first-order chi connectivity index (χ1) is 9.99. The van der Waals surface area contributed by atoms with E-state index in [0.717, 1.165) is 38.5 Å². The lowest BCUT2D eigenvalue weighted by atomic mass is 10.5. The van der Waals surface area contributed by atoms with Crippen LogP contribution in [0.1, 0.15) is 53.4 Å². The maximum atomic E-state index is 6.25. The molecule has 4 nitrogen and oxygen atoms in total. The van der Waals surface area contributed by atoms with E-state index < -0.39 is 15.9 Å². The molecule has 0 aliphatic heterocycles. The fraction of sp³-hybridized carbons (Fsp3) is 1.00. The standard InChI is InChI=1S/C15H36O4Si2/c1-7-11-16-15-20(5,6)21(17-12-8-2,18-13-9-3)19-14-10-4/h7-15H2,1-6H3. The number of hydrogen-bond donors (Lipinski definition) is 0. The normalized spacial score (nSPS) is 12.9. The Morgan fingerprint density at radius 1 is 0.619 bits per heavy atom. The lowest BCUT2D eigenvalue weighted by molar-refractivity contribution is 0.0745. The molecule has 0 aromatic carbocycles. The summed E-state index contributed by atoms with van der Waals surface area (Å²) in [6, 6.07) is 0. The van der Waals surface area contributed by atoms with E-state index >= 15 is 0 Å². The first kappa shape index (κ1) is 21.3. The van der Waals surface area contributed by atoms with Crippen molar-refractivity contribution in [3.63, 3.8) is 0 Å². The van der Waals surface area contributed by atoms with Gasteiger partial charge in [-0.05, 0) is 25.7 Å². The average molecular weight is 337 g/mol. The third kappa shape index (κ3) is 7.39. The van der Waals surface area contributed by atoms with Crippen LogP contribution in [0.5, 0.6) is 0 Å². The van der Waals surface area contributed by atoms with Gasteiger partial charge in [-0.25, -0.2) is 0 Å². The highest BCUT2D eigenvalue weighted by molar-refractivity contribution is 7.34. The summed E-state index contributed by atoms with van der Waals surface area (Å²) in [6.45, 7) is 16.0. The Morgan fingerprint density at radius 3 is 1.33 bits per heavy atom. The van der Waals surface area contributed by atoms with Crippen LogP contribution in [0.4, 0.5) is 0 Å². The Labute approximate surface area is 133 Å². The van der Waals surface area contributed by atoms with Gasteiger partial charge in [0.15, 0.2) is 7.59 Å². The van der Waals surface area contributed by atoms with E-state index in [9.17, 15) is 0 Å². The minimum atomic E-state index is -2.62. The molecule has 0 bridgehead atoms. The van der Waals surface area contributed by atoms with Gasteiger partial charge in [-0.3, -0.25) is 0 Å². The van der Waals surface area contributed by atoms with E-state index in [2.05, 4.69) is 40.8 Å². The van der Waals surface area contributed by atoms with Crippen molar-refractivity contribution in [1.82, 2.24) is 0 Å². The Hall–Kier alpha value is 0.274. The molecule has 0 rings (SSSR count). The highest BCUT2D eigenvalue weighted by atomic mass is 29.3. The Bertz CT molecular complexity index is 228. The third-order valence-electron chi connectivity index (χ3n) is 3.13. The van der Waals surface area contributed by atoms with Gasteiger partial charge in [0.1, 0.15) is 0 Å². The molecule has 0 spiro atoms. The van der Waals surface area contributed by atoms with E-state index in [4.69, 9.17) is 18.0 Å². The van der Waals surface area contributed by atoms with Gasteiger partial charge in [-0.15, -0.1) is 0 Å². The van der Waals surface area contributed by atoms with E-state index in [0.29, 0.717) is 19.8 Å². The fourth-order valence-corrected chi connectivity index (χ4v) is 10.9. The van der Waals surface area contributed by atoms with Crippen molar-refractivity contribution in [2.24, 2.45) is 0 Å². The molecule has 6 heteroatoms. The molecule has 0 atom stereocenters. The van der Waals surface area contributed by atoms with Crippen LogP contribution >= 0.6 is 0 Å². The molecule has 0 saturated carbocycles. The first-order valence-corrected chi connectivity index (χ1v) is 14.4. The molecule has 0 unspecified atom stereocenters. The van der Waals surface area contributed by atoms with Crippen LogP contribution in [0, 0.1) is 0 Å². The maximum absolute atomic E-state index is 6.25. The molecule has 0 fully saturated rings. The number of rotatable bonds is 14. The Balaban J connectivity index is 5.05. The third-order valence-corrected chi connectivity index (χ3v) is 14.2. The van der Waals surface area contributed by atoms with Gasteiger partial charge in [0.05, 0.1) is 0 Å². The van der Waals surface area contributed by atoms with Crippen LogP contribution in [-0.4, -0.2) is 48.6 Å². The van der Waals surface area contributed by atoms with E-state index in [-0.39, 0.29) is 0 Å². The second-order valence-electron chi connectivity index (χ2n) is 6.04. The minimum absolute atomic E-state index is 0.712. The summed E-state index contributed by atoms with van der Waals surface area (Å²) in [5.74, 6) is 0. The molecule has 0 heterocycles. The summed E-state index contributed by atoms with van der Waals surface area (Å²) >= 11 is 0. The molecule has 0 aliphatic rings. The molecule has 0 N–H and O–H groups in total. The van der Waals surface area contributed by atoms with Crippen molar-refractivity contribution in [1.29, 1.82) is 0 Å². The maximum Gasteiger partial charge on any atom is 0.472 e. The summed E-state index contributed by atoms with van der Waals surface area (Å²) < 4.78 is 24.6. The van der Waals surface area contributed by atoms with Crippen LogP contribution in [0.15, 0.2) is 0 Å². The van der Waals surface area contributed by atoms with Crippen molar-refractivity contribution in [2.45, 2.75) is 66.5 Å². The van der Waals surface area contributed by atoms with Crippen molar-refractivity contribution in [3.05, 3.63) is 0 Å². The van der Waals surface area contributed by atoms with Gasteiger partial charge in [-0.1, -0.05) is 40.8 Å². The summed E-state index contributed by atoms with van der Waals surface area (Å²) in [5, 5.41) is 0. The average Bonchev–Trinajstić information content (AvgIpc) is 2.46. The van der Waals surface area contributed by atoms with Crippen molar-refractivity contribution in [3.8, 4) is 0 Å². The molecular formula is C15H36O4Si2. The fourth-order valence-electron chi connectivity index (χ4n) is 1.98. The van der Waals surface area contributed by atoms with Gasteiger partial charge in [-0.2, -0.15) is 0 Å². The molecule has 0 radical (unpaired) electrons. The van der Waals surface area contributed by atoms with Gasteiger partial charge >= 0.3 is 8.32 Å². The first-order valence-electron chi connectivity index (χ1n) is 8.49. The van der Waals surface area contributed by atoms with Gasteiger partial charge in [0, 0.05) is 32.7 Å². The lowest BCUT2D eigenvalue weighted by Crippen LogP contribution is -2.68. The Kier molecular flexibility index (Phi) is 11.9. The summed E-state index contributed by atoms with van der Waals surface area (Å²) in [6.07, 6.45) is 4.75. The van der Waals surface area contributed by atoms with Crippen LogP contribution < -0.4 is 0 Å². The van der Waals surface area contributed by atoms with Gasteiger partial charge in [0.2, 0.25) is 0 Å². The second kappa shape index (κ2) is 11.8. The predicted octanol–water partition coefficient (Wildman–Crippen LogP) is 3.96. The highest BCUT2D eigenvalue weighted by Gasteiger charge is 2.57. The summed E-state index contributed by atoms with van der Waals surface area (Å²) in [5.41, 5.74) is 0. The summed E-state index contributed by atoms with van der Waals surface area (Å²) in [4.78, 5) is 0. The minimum Gasteiger partial charge on any atom is -0.385 e. The van der Waals surface area contributed by atoms with E-state index in [1.165, 1.54) is 0 Å². The molecule has 0 amide bonds. The molecular weight excluding hydrogens is 300 g/mol. The van der Waals surface area contributed by atoms with Crippen LogP contribution in [0.2, 0.25) is 13.1 Å². The van der Waals surface area contributed by atoms with Crippen molar-refractivity contribution < 1.29 is 18.0 Å². The highest BCUT2D eigenvalue weighted by Crippen LogP contribution is 2.25. The zero-order valence-electron chi connectivity index (χ0n) is 15.0. The monoisotopic (exact) mass is 336 g/mol. The quantitative estimate of drug-likeness (QED) is 0.355. The molecule has 0 aliphatic carbocycles. The van der Waals surface area contributed by atoms with Gasteiger partial charge < -0.3 is 18.0 Å². The SMILES string of the molecule is CCCOC[Si](C)(C)[Si](OCCC)(OCCC)OCCC. The summed E-state index contributed by atoms with van der Waals surface area (Å²) in [7, 11) is -4.50. The van der Waals surface area contributed by atoms with Crippen LogP contribution in [-0.2, 0) is 18.0 Å². The van der Waals surface area contributed by atoms with Crippen LogP contribution in [0.3, 0.4) is 0 Å². The van der Waals surface area contributed by atoms with E-state index in [1.807, 2.05) is 0 Å². The number of ether oxygens (including phenoxy) is 1. The largest absolute Gasteiger partial charge is 0.472 e. The zero-order valence-corrected chi connectivity index (χ0v) is 17.0. The molecule has 0 saturated heterocycles. The molecule has 0 aromatic heterocycles. The molecule has 0 aromatic rings. The zero-order chi connectivity index (χ0) is 16.2. The topological polar surface area (TPSA) is 36.9 Å². The molecule has 21 heavy (non-hydrogen) atoms. The predicted molar refractivity (Wildman–Crippen MR) is 93.1 cm³/mol. The van der Waals surface area contributed by atoms with Gasteiger partial charge in [0.25, 0.3) is 0 Å². The smallest absolute Gasteiger partial charge is 0.385 e. The van der Waals surface area contributed by atoms with Crippen molar-refractivity contribution in [2.75, 3.05) is 32.7 Å². The Morgan fingerprint density at radius 2 is 1.00 bits per heavy atom. The number of hydrogen-bond acceptors (Lipinski definition) is 4. The second-order valence-corrected chi connectivity index (χ2v) is 18.0. The van der Waals surface area contributed by atoms with Crippen LogP contribution in [0.25, 0.3) is 0 Å². The van der Waals surface area contributed by atoms with E-state index in [1.54, 1.807) is 0 Å². The lowest BCUT2D eigenvalue weighted by Gasteiger charge is -2.40.